The van der Waals surface area contributed by atoms with Crippen molar-refractivity contribution in [2.45, 2.75) is 17.4 Å². The van der Waals surface area contributed by atoms with Crippen LogP contribution in [0.1, 0.15) is 6.42 Å². The predicted octanol–water partition coefficient (Wildman–Crippen LogP) is 0.678. The average molecular weight is 256 g/mol. The summed E-state index contributed by atoms with van der Waals surface area (Å²) in [6.45, 7) is 0.925. The summed E-state index contributed by atoms with van der Waals surface area (Å²) in [7, 11) is -1.80. The second-order valence-corrected chi connectivity index (χ2v) is 6.02. The number of nitrogen functional groups attached to an aromatic ring is 1. The number of rotatable bonds is 3. The molecule has 0 aromatic heterocycles. The Hall–Kier alpha value is -1.11. The Kier molecular flexibility index (Phi) is 3.37. The van der Waals surface area contributed by atoms with E-state index in [1.165, 1.54) is 16.4 Å². The Bertz CT molecular complexity index is 484. The van der Waals surface area contributed by atoms with Crippen molar-refractivity contribution in [1.29, 1.82) is 0 Å². The third kappa shape index (κ3) is 2.43. The molecule has 5 nitrogen and oxygen atoms in total. The fourth-order valence-electron chi connectivity index (χ4n) is 1.90. The zero-order valence-corrected chi connectivity index (χ0v) is 10.5. The van der Waals surface area contributed by atoms with Crippen molar-refractivity contribution in [3.8, 4) is 0 Å². The number of benzene rings is 1. The minimum atomic E-state index is -3.40. The van der Waals surface area contributed by atoms with E-state index in [9.17, 15) is 8.42 Å². The van der Waals surface area contributed by atoms with E-state index in [0.717, 1.165) is 6.42 Å². The maximum absolute atomic E-state index is 12.2. The van der Waals surface area contributed by atoms with Crippen LogP contribution in [-0.2, 0) is 14.8 Å². The Morgan fingerprint density at radius 3 is 2.53 bits per heavy atom. The standard InChI is InChI=1S/C11H16N2O3S/c1-16-10-6-7-13(8-10)17(14,15)11-4-2-9(12)3-5-11/h2-5,10H,6-8,12H2,1H3/t10-/m1/s1. The SMILES string of the molecule is CO[C@@H]1CCN(S(=O)(=O)c2ccc(N)cc2)C1. The molecule has 0 unspecified atom stereocenters. The van der Waals surface area contributed by atoms with E-state index in [1.54, 1.807) is 19.2 Å². The van der Waals surface area contributed by atoms with Crippen LogP contribution < -0.4 is 5.73 Å². The molecule has 0 saturated carbocycles. The van der Waals surface area contributed by atoms with Crippen LogP contribution in [0.3, 0.4) is 0 Å². The molecule has 1 saturated heterocycles. The highest BCUT2D eigenvalue weighted by molar-refractivity contribution is 7.89. The highest BCUT2D eigenvalue weighted by atomic mass is 32.2. The number of hydrogen-bond donors (Lipinski definition) is 1. The number of nitrogens with two attached hydrogens (primary N) is 1. The highest BCUT2D eigenvalue weighted by Gasteiger charge is 2.32. The van der Waals surface area contributed by atoms with Crippen LogP contribution in [0.25, 0.3) is 0 Å². The first-order valence-electron chi connectivity index (χ1n) is 5.42. The van der Waals surface area contributed by atoms with E-state index in [4.69, 9.17) is 10.5 Å². The Balaban J connectivity index is 2.22. The van der Waals surface area contributed by atoms with Crippen molar-refractivity contribution in [3.63, 3.8) is 0 Å². The lowest BCUT2D eigenvalue weighted by molar-refractivity contribution is 0.115. The van der Waals surface area contributed by atoms with Gasteiger partial charge in [0, 0.05) is 25.9 Å². The number of methoxy groups -OCH3 is 1. The van der Waals surface area contributed by atoms with E-state index < -0.39 is 10.0 Å². The van der Waals surface area contributed by atoms with Gasteiger partial charge in [-0.15, -0.1) is 0 Å². The number of ether oxygens (including phenoxy) is 1. The molecule has 0 aliphatic carbocycles. The average Bonchev–Trinajstić information content (AvgIpc) is 2.78. The van der Waals surface area contributed by atoms with E-state index >= 15 is 0 Å². The first-order valence-corrected chi connectivity index (χ1v) is 6.86. The van der Waals surface area contributed by atoms with Gasteiger partial charge in [-0.05, 0) is 30.7 Å². The predicted molar refractivity (Wildman–Crippen MR) is 65.0 cm³/mol. The fraction of sp³-hybridized carbons (Fsp3) is 0.455. The summed E-state index contributed by atoms with van der Waals surface area (Å²) in [5.41, 5.74) is 6.09. The van der Waals surface area contributed by atoms with Crippen molar-refractivity contribution in [2.24, 2.45) is 0 Å². The van der Waals surface area contributed by atoms with Gasteiger partial charge in [-0.1, -0.05) is 0 Å². The van der Waals surface area contributed by atoms with Gasteiger partial charge in [-0.3, -0.25) is 0 Å². The van der Waals surface area contributed by atoms with Gasteiger partial charge in [0.2, 0.25) is 10.0 Å². The Morgan fingerprint density at radius 2 is 2.00 bits per heavy atom. The maximum atomic E-state index is 12.2. The molecule has 0 bridgehead atoms. The van der Waals surface area contributed by atoms with Gasteiger partial charge < -0.3 is 10.5 Å². The second-order valence-electron chi connectivity index (χ2n) is 4.08. The zero-order valence-electron chi connectivity index (χ0n) is 9.67. The summed E-state index contributed by atoms with van der Waals surface area (Å²) in [6.07, 6.45) is 0.739. The molecule has 0 spiro atoms. The van der Waals surface area contributed by atoms with Crippen LogP contribution in [0.15, 0.2) is 29.2 Å². The molecule has 17 heavy (non-hydrogen) atoms. The molecule has 1 atom stereocenters. The Morgan fingerprint density at radius 1 is 1.35 bits per heavy atom. The first-order chi connectivity index (χ1) is 8.04. The second kappa shape index (κ2) is 4.64. The monoisotopic (exact) mass is 256 g/mol. The van der Waals surface area contributed by atoms with Gasteiger partial charge in [-0.2, -0.15) is 4.31 Å². The smallest absolute Gasteiger partial charge is 0.243 e. The quantitative estimate of drug-likeness (QED) is 0.807. The highest BCUT2D eigenvalue weighted by Crippen LogP contribution is 2.22. The molecule has 94 valence electrons. The van der Waals surface area contributed by atoms with Crippen LogP contribution in [0.4, 0.5) is 5.69 Å². The third-order valence-corrected chi connectivity index (χ3v) is 4.84. The summed E-state index contributed by atoms with van der Waals surface area (Å²) in [5.74, 6) is 0. The molecule has 1 aromatic rings. The summed E-state index contributed by atoms with van der Waals surface area (Å²) < 4.78 is 31.1. The molecular formula is C11H16N2O3S. The molecular weight excluding hydrogens is 240 g/mol. The minimum Gasteiger partial charge on any atom is -0.399 e. The number of hydrogen-bond acceptors (Lipinski definition) is 4. The van der Waals surface area contributed by atoms with E-state index in [2.05, 4.69) is 0 Å². The molecule has 2 N–H and O–H groups in total. The number of nitrogens with zero attached hydrogens (tertiary/aromatic N) is 1. The van der Waals surface area contributed by atoms with Crippen LogP contribution in [-0.4, -0.2) is 39.0 Å². The van der Waals surface area contributed by atoms with Crippen molar-refractivity contribution >= 4 is 15.7 Å². The molecule has 1 heterocycles. The van der Waals surface area contributed by atoms with Gasteiger partial charge in [0.1, 0.15) is 0 Å². The molecule has 1 aliphatic heterocycles. The van der Waals surface area contributed by atoms with E-state index in [1.807, 2.05) is 0 Å². The summed E-state index contributed by atoms with van der Waals surface area (Å²) in [6, 6.07) is 6.25. The largest absolute Gasteiger partial charge is 0.399 e. The fourth-order valence-corrected chi connectivity index (χ4v) is 3.38. The summed E-state index contributed by atoms with van der Waals surface area (Å²) in [5, 5.41) is 0. The van der Waals surface area contributed by atoms with Gasteiger partial charge in [0.05, 0.1) is 11.0 Å². The summed E-state index contributed by atoms with van der Waals surface area (Å²) in [4.78, 5) is 0.281. The van der Waals surface area contributed by atoms with Gasteiger partial charge in [0.25, 0.3) is 0 Å². The van der Waals surface area contributed by atoms with Crippen molar-refractivity contribution in [2.75, 3.05) is 25.9 Å². The van der Waals surface area contributed by atoms with Crippen LogP contribution in [0.2, 0.25) is 0 Å². The lowest BCUT2D eigenvalue weighted by Gasteiger charge is -2.16. The Labute approximate surface area is 101 Å². The van der Waals surface area contributed by atoms with E-state index in [-0.39, 0.29) is 11.0 Å². The molecule has 0 radical (unpaired) electrons. The molecule has 2 rings (SSSR count). The van der Waals surface area contributed by atoms with Crippen molar-refractivity contribution in [1.82, 2.24) is 4.31 Å². The van der Waals surface area contributed by atoms with Crippen molar-refractivity contribution < 1.29 is 13.2 Å². The third-order valence-electron chi connectivity index (χ3n) is 2.96. The molecule has 1 fully saturated rings. The number of sulfonamides is 1. The van der Waals surface area contributed by atoms with Gasteiger partial charge in [-0.25, -0.2) is 8.42 Å². The van der Waals surface area contributed by atoms with E-state index in [0.29, 0.717) is 18.8 Å². The normalized spacial score (nSPS) is 21.8. The molecule has 0 amide bonds. The maximum Gasteiger partial charge on any atom is 0.243 e. The van der Waals surface area contributed by atoms with Crippen LogP contribution in [0, 0.1) is 0 Å². The number of anilines is 1. The summed E-state index contributed by atoms with van der Waals surface area (Å²) >= 11 is 0. The van der Waals surface area contributed by atoms with Crippen LogP contribution in [0.5, 0.6) is 0 Å². The van der Waals surface area contributed by atoms with Gasteiger partial charge >= 0.3 is 0 Å². The molecule has 1 aromatic carbocycles. The first kappa shape index (κ1) is 12.3. The van der Waals surface area contributed by atoms with Gasteiger partial charge in [0.15, 0.2) is 0 Å². The molecule has 1 aliphatic rings. The molecule has 6 heteroatoms. The lowest BCUT2D eigenvalue weighted by Crippen LogP contribution is -2.30. The lowest BCUT2D eigenvalue weighted by atomic mass is 10.3. The zero-order chi connectivity index (χ0) is 12.5. The minimum absolute atomic E-state index is 0.00134. The topological polar surface area (TPSA) is 72.6 Å². The van der Waals surface area contributed by atoms with Crippen LogP contribution >= 0.6 is 0 Å². The van der Waals surface area contributed by atoms with Crippen molar-refractivity contribution in [3.05, 3.63) is 24.3 Å².